The van der Waals surface area contributed by atoms with Crippen molar-refractivity contribution in [2.75, 3.05) is 18.0 Å². The van der Waals surface area contributed by atoms with E-state index >= 15 is 0 Å². The minimum atomic E-state index is -0.886. The Bertz CT molecular complexity index is 967. The molecule has 2 heterocycles. The smallest absolute Gasteiger partial charge is 0.213 e. The van der Waals surface area contributed by atoms with Gasteiger partial charge in [0.1, 0.15) is 12.2 Å². The summed E-state index contributed by atoms with van der Waals surface area (Å²) in [4.78, 5) is 7.07. The van der Waals surface area contributed by atoms with Gasteiger partial charge in [0.25, 0.3) is 0 Å². The highest BCUT2D eigenvalue weighted by Gasteiger charge is 2.17. The third-order valence-corrected chi connectivity index (χ3v) is 4.33. The Hall–Kier alpha value is -2.42. The number of rotatable bonds is 6. The minimum absolute atomic E-state index is 0.326. The number of benzene rings is 1. The van der Waals surface area contributed by atoms with Gasteiger partial charge in [-0.25, -0.2) is 9.38 Å². The van der Waals surface area contributed by atoms with Gasteiger partial charge in [-0.15, -0.1) is 20.7 Å². The van der Waals surface area contributed by atoms with E-state index in [1.54, 1.807) is 6.33 Å². The van der Waals surface area contributed by atoms with E-state index in [1.807, 2.05) is 36.4 Å². The second-order valence-electron chi connectivity index (χ2n) is 5.60. The highest BCUT2D eigenvalue weighted by Crippen LogP contribution is 2.25. The maximum atomic E-state index is 6.14. The number of anilines is 1. The Morgan fingerprint density at radius 1 is 1.37 bits per heavy atom. The topological polar surface area (TPSA) is 84.7 Å². The number of aromatic nitrogens is 4. The van der Waals surface area contributed by atoms with Crippen LogP contribution in [-0.4, -0.2) is 51.5 Å². The van der Waals surface area contributed by atoms with Crippen molar-refractivity contribution in [1.29, 1.82) is 0 Å². The molecular weight excluding hydrogens is 357 g/mol. The van der Waals surface area contributed by atoms with E-state index in [4.69, 9.17) is 17.8 Å². The predicted molar refractivity (Wildman–Crippen MR) is 119 cm³/mol. The molecule has 2 N–H and O–H groups in total. The average Bonchev–Trinajstić information content (AvgIpc) is 3.16. The van der Waals surface area contributed by atoms with E-state index < -0.39 is 10.5 Å². The van der Waals surface area contributed by atoms with Crippen LogP contribution in [0.3, 0.4) is 0 Å². The van der Waals surface area contributed by atoms with Crippen molar-refractivity contribution in [3.8, 4) is 0 Å². The molecule has 0 aliphatic carbocycles. The fourth-order valence-corrected chi connectivity index (χ4v) is 3.19. The molecule has 7 nitrogen and oxygen atoms in total. The van der Waals surface area contributed by atoms with Crippen LogP contribution in [0.15, 0.2) is 28.9 Å². The zero-order valence-corrected chi connectivity index (χ0v) is 17.2. The Kier molecular flexibility index (Phi) is 7.35. The van der Waals surface area contributed by atoms with Gasteiger partial charge in [-0.1, -0.05) is 32.7 Å². The molecule has 9 heteroatoms. The maximum absolute atomic E-state index is 6.14. The molecule has 1 unspecified atom stereocenters. The SMILES string of the molecule is CC.[B]S(=C)/N=C(/N)c1cccc2c1nc(N(CC)CCC)n1cnnc21. The lowest BCUT2D eigenvalue weighted by Gasteiger charge is -2.22. The van der Waals surface area contributed by atoms with Crippen molar-refractivity contribution < 1.29 is 0 Å². The highest BCUT2D eigenvalue weighted by atomic mass is 32.2. The lowest BCUT2D eigenvalue weighted by molar-refractivity contribution is 0.756. The van der Waals surface area contributed by atoms with Crippen molar-refractivity contribution in [3.63, 3.8) is 0 Å². The van der Waals surface area contributed by atoms with Gasteiger partial charge >= 0.3 is 0 Å². The summed E-state index contributed by atoms with van der Waals surface area (Å²) < 4.78 is 6.10. The Morgan fingerprint density at radius 3 is 2.74 bits per heavy atom. The summed E-state index contributed by atoms with van der Waals surface area (Å²) in [7, 11) is 4.80. The molecule has 0 bridgehead atoms. The van der Waals surface area contributed by atoms with E-state index in [1.165, 1.54) is 0 Å². The molecule has 1 atom stereocenters. The van der Waals surface area contributed by atoms with Crippen LogP contribution in [0.5, 0.6) is 0 Å². The third-order valence-electron chi connectivity index (χ3n) is 3.90. The van der Waals surface area contributed by atoms with Gasteiger partial charge in [0.2, 0.25) is 5.95 Å². The molecule has 0 aliphatic rings. The van der Waals surface area contributed by atoms with Gasteiger partial charge in [-0.05, 0) is 25.5 Å². The van der Waals surface area contributed by atoms with E-state index in [-0.39, 0.29) is 0 Å². The van der Waals surface area contributed by atoms with E-state index in [9.17, 15) is 0 Å². The largest absolute Gasteiger partial charge is 0.383 e. The molecule has 0 aliphatic heterocycles. The van der Waals surface area contributed by atoms with E-state index in [0.717, 1.165) is 47.6 Å². The molecule has 27 heavy (non-hydrogen) atoms. The third kappa shape index (κ3) is 4.29. The molecule has 0 fully saturated rings. The highest BCUT2D eigenvalue weighted by molar-refractivity contribution is 8.31. The van der Waals surface area contributed by atoms with Gasteiger partial charge in [-0.2, -0.15) is 0 Å². The fraction of sp³-hybridized carbons (Fsp3) is 0.389. The summed E-state index contributed by atoms with van der Waals surface area (Å²) in [5.41, 5.74) is 8.34. The molecular formula is C18H26BN7S. The standard InChI is InChI=1S/C16H20BN7S.C2H6/c1-4-9-23(5-2)16-20-13-11(14(18)22-25(3)17)7-6-8-12(13)15-21-19-10-24(15)16;1-2/h6-8,10H,3-5,9H2,1-2H3,(H2,18,22);1-2H3. The van der Waals surface area contributed by atoms with Gasteiger partial charge in [0.15, 0.2) is 12.8 Å². The summed E-state index contributed by atoms with van der Waals surface area (Å²) >= 11 is 0. The minimum Gasteiger partial charge on any atom is -0.383 e. The zero-order valence-electron chi connectivity index (χ0n) is 16.4. The molecule has 0 spiro atoms. The summed E-state index contributed by atoms with van der Waals surface area (Å²) in [6.45, 7) is 9.96. The summed E-state index contributed by atoms with van der Waals surface area (Å²) in [5.74, 6) is 4.81. The fourth-order valence-electron chi connectivity index (χ4n) is 2.84. The van der Waals surface area contributed by atoms with E-state index in [2.05, 4.69) is 39.2 Å². The molecule has 0 saturated carbocycles. The number of hydrogen-bond donors (Lipinski definition) is 1. The number of amidine groups is 1. The van der Waals surface area contributed by atoms with Crippen LogP contribution in [0, 0.1) is 0 Å². The molecule has 2 radical (unpaired) electrons. The first-order valence-electron chi connectivity index (χ1n) is 9.07. The predicted octanol–water partition coefficient (Wildman–Crippen LogP) is 2.94. The van der Waals surface area contributed by atoms with Crippen LogP contribution in [0.25, 0.3) is 16.6 Å². The van der Waals surface area contributed by atoms with Crippen LogP contribution in [-0.2, 0) is 0 Å². The molecule has 0 saturated heterocycles. The monoisotopic (exact) mass is 383 g/mol. The summed E-state index contributed by atoms with van der Waals surface area (Å²) in [6.07, 6.45) is 2.70. The van der Waals surface area contributed by atoms with Crippen molar-refractivity contribution in [3.05, 3.63) is 30.1 Å². The molecule has 0 amide bonds. The first kappa shape index (κ1) is 20.9. The van der Waals surface area contributed by atoms with Crippen molar-refractivity contribution in [2.24, 2.45) is 10.1 Å². The lowest BCUT2D eigenvalue weighted by Crippen LogP contribution is -2.27. The number of nitrogens with zero attached hydrogens (tertiary/aromatic N) is 6. The Labute approximate surface area is 164 Å². The van der Waals surface area contributed by atoms with Crippen LogP contribution < -0.4 is 10.6 Å². The molecule has 3 aromatic rings. The second kappa shape index (κ2) is 9.50. The first-order chi connectivity index (χ1) is 13.1. The van der Waals surface area contributed by atoms with Gasteiger partial charge in [0, 0.05) is 24.0 Å². The first-order valence-corrected chi connectivity index (χ1v) is 10.5. The van der Waals surface area contributed by atoms with Gasteiger partial charge in [0.05, 0.1) is 5.52 Å². The van der Waals surface area contributed by atoms with Crippen LogP contribution >= 0.6 is 10.5 Å². The lowest BCUT2D eigenvalue weighted by atomic mass is 10.1. The normalized spacial score (nSPS) is 12.7. The second-order valence-corrected chi connectivity index (χ2v) is 6.58. The maximum Gasteiger partial charge on any atom is 0.213 e. The number of fused-ring (bicyclic) bond motifs is 3. The van der Waals surface area contributed by atoms with Gasteiger partial charge in [-0.3, -0.25) is 4.40 Å². The van der Waals surface area contributed by atoms with Crippen molar-refractivity contribution >= 4 is 51.9 Å². The van der Waals surface area contributed by atoms with E-state index in [0.29, 0.717) is 5.84 Å². The average molecular weight is 383 g/mol. The van der Waals surface area contributed by atoms with Crippen LogP contribution in [0.2, 0.25) is 0 Å². The zero-order chi connectivity index (χ0) is 20.0. The van der Waals surface area contributed by atoms with Crippen LogP contribution in [0.4, 0.5) is 5.95 Å². The van der Waals surface area contributed by atoms with Crippen molar-refractivity contribution in [2.45, 2.75) is 34.1 Å². The molecule has 3 rings (SSSR count). The van der Waals surface area contributed by atoms with Crippen LogP contribution in [0.1, 0.15) is 39.7 Å². The summed E-state index contributed by atoms with van der Waals surface area (Å²) in [6, 6.07) is 5.74. The molecule has 2 aromatic heterocycles. The number of para-hydroxylation sites is 1. The molecule has 142 valence electrons. The molecule has 1 aromatic carbocycles. The van der Waals surface area contributed by atoms with Gasteiger partial charge < -0.3 is 10.6 Å². The Morgan fingerprint density at radius 2 is 2.11 bits per heavy atom. The van der Waals surface area contributed by atoms with Crippen molar-refractivity contribution in [1.82, 2.24) is 19.6 Å². The number of hydrogen-bond acceptors (Lipinski definition) is 5. The number of nitrogens with two attached hydrogens (primary N) is 1. The quantitative estimate of drug-likeness (QED) is 0.306. The Balaban J connectivity index is 0.00000126. The summed E-state index contributed by atoms with van der Waals surface area (Å²) in [5, 5.41) is 9.21.